The molecule has 0 radical (unpaired) electrons. The molecule has 2 N–H and O–H groups in total. The third kappa shape index (κ3) is 5.30. The van der Waals surface area contributed by atoms with Crippen molar-refractivity contribution >= 4 is 11.5 Å². The van der Waals surface area contributed by atoms with Crippen LogP contribution in [0.15, 0.2) is 59.6 Å². The quantitative estimate of drug-likeness (QED) is 0.457. The van der Waals surface area contributed by atoms with Gasteiger partial charge < -0.3 is 0 Å². The van der Waals surface area contributed by atoms with Crippen LogP contribution in [0.4, 0.5) is 18.9 Å². The second-order valence-corrected chi connectivity index (χ2v) is 5.21. The van der Waals surface area contributed by atoms with Crippen LogP contribution in [0.1, 0.15) is 24.5 Å². The van der Waals surface area contributed by atoms with Crippen LogP contribution in [-0.4, -0.2) is 12.4 Å². The molecule has 0 aliphatic heterocycles. The summed E-state index contributed by atoms with van der Waals surface area (Å²) in [6.07, 6.45) is -3.02. The highest BCUT2D eigenvalue weighted by molar-refractivity contribution is 5.83. The van der Waals surface area contributed by atoms with Gasteiger partial charge in [-0.2, -0.15) is 13.2 Å². The molecule has 0 heterocycles. The summed E-state index contributed by atoms with van der Waals surface area (Å²) in [7, 11) is 0. The smallest absolute Gasteiger partial charge is 0.299 e. The van der Waals surface area contributed by atoms with Crippen LogP contribution in [0.2, 0.25) is 0 Å². The van der Waals surface area contributed by atoms with Crippen LogP contribution < -0.4 is 10.9 Å². The number of alkyl halides is 3. The van der Waals surface area contributed by atoms with E-state index in [9.17, 15) is 13.2 Å². The molecule has 128 valence electrons. The highest BCUT2D eigenvalue weighted by atomic mass is 19.4. The summed E-state index contributed by atoms with van der Waals surface area (Å²) >= 11 is 0. The predicted octanol–water partition coefficient (Wildman–Crippen LogP) is 4.67. The van der Waals surface area contributed by atoms with E-state index in [2.05, 4.69) is 15.8 Å². The Labute approximate surface area is 139 Å². The molecule has 0 aliphatic carbocycles. The summed E-state index contributed by atoms with van der Waals surface area (Å²) in [6.45, 7) is 2.47. The minimum atomic E-state index is -4.40. The minimum absolute atomic E-state index is 0.0193. The molecule has 0 bridgehead atoms. The Balaban J connectivity index is 1.95. The lowest BCUT2D eigenvalue weighted by Gasteiger charge is -2.16. The Morgan fingerprint density at radius 1 is 1.00 bits per heavy atom. The zero-order valence-corrected chi connectivity index (χ0v) is 13.4. The summed E-state index contributed by atoms with van der Waals surface area (Å²) in [4.78, 5) is 4.41. The van der Waals surface area contributed by atoms with Crippen LogP contribution >= 0.6 is 0 Å². The van der Waals surface area contributed by atoms with Gasteiger partial charge in [-0.15, -0.1) is 0 Å². The van der Waals surface area contributed by atoms with Crippen molar-refractivity contribution < 1.29 is 13.2 Å². The van der Waals surface area contributed by atoms with Crippen LogP contribution in [0.5, 0.6) is 0 Å². The number of hydrazine groups is 1. The molecule has 0 amide bonds. The molecule has 2 aromatic carbocycles. The zero-order chi connectivity index (χ0) is 17.4. The van der Waals surface area contributed by atoms with Gasteiger partial charge in [0.25, 0.3) is 0 Å². The summed E-state index contributed by atoms with van der Waals surface area (Å²) in [5.41, 5.74) is 5.85. The van der Waals surface area contributed by atoms with Gasteiger partial charge >= 0.3 is 6.18 Å². The first-order chi connectivity index (χ1) is 11.5. The van der Waals surface area contributed by atoms with Crippen molar-refractivity contribution in [1.82, 2.24) is 5.43 Å². The van der Waals surface area contributed by atoms with E-state index in [0.717, 1.165) is 12.5 Å². The molecule has 0 fully saturated rings. The van der Waals surface area contributed by atoms with E-state index in [-0.39, 0.29) is 5.69 Å². The maximum absolute atomic E-state index is 12.9. The van der Waals surface area contributed by atoms with Gasteiger partial charge in [0, 0.05) is 13.0 Å². The number of anilines is 1. The van der Waals surface area contributed by atoms with E-state index in [1.54, 1.807) is 6.07 Å². The van der Waals surface area contributed by atoms with Gasteiger partial charge in [0.1, 0.15) is 5.84 Å². The van der Waals surface area contributed by atoms with Crippen molar-refractivity contribution in [2.24, 2.45) is 4.99 Å². The molecule has 24 heavy (non-hydrogen) atoms. The molecule has 6 heteroatoms. The maximum atomic E-state index is 12.9. The molecule has 3 nitrogen and oxygen atoms in total. The summed E-state index contributed by atoms with van der Waals surface area (Å²) in [5, 5.41) is 0. The number of benzene rings is 2. The maximum Gasteiger partial charge on any atom is 0.418 e. The lowest BCUT2D eigenvalue weighted by molar-refractivity contribution is -0.137. The van der Waals surface area contributed by atoms with E-state index >= 15 is 0 Å². The molecular weight excluding hydrogens is 315 g/mol. The molecule has 0 aliphatic rings. The van der Waals surface area contributed by atoms with E-state index < -0.39 is 11.7 Å². The highest BCUT2D eigenvalue weighted by Gasteiger charge is 2.33. The monoisotopic (exact) mass is 335 g/mol. The largest absolute Gasteiger partial charge is 0.418 e. The number of nitrogens with zero attached hydrogens (tertiary/aromatic N) is 1. The van der Waals surface area contributed by atoms with Gasteiger partial charge in [0.2, 0.25) is 0 Å². The SMILES string of the molecule is CCC(=NCCc1ccccc1)NNc1ccccc1C(F)(F)F. The van der Waals surface area contributed by atoms with Crippen molar-refractivity contribution in [2.45, 2.75) is 25.9 Å². The molecular formula is C18H20F3N3. The highest BCUT2D eigenvalue weighted by Crippen LogP contribution is 2.34. The van der Waals surface area contributed by atoms with Gasteiger partial charge in [-0.05, 0) is 24.1 Å². The standard InChI is InChI=1S/C18H20F3N3/c1-2-17(22-13-12-14-8-4-3-5-9-14)24-23-16-11-7-6-10-15(16)18(19,20)21/h3-11,23H,2,12-13H2,1H3,(H,22,24). The Hall–Kier alpha value is -2.50. The van der Waals surface area contributed by atoms with Gasteiger partial charge in [0.15, 0.2) is 0 Å². The summed E-state index contributed by atoms with van der Waals surface area (Å²) in [6, 6.07) is 15.3. The normalized spacial score (nSPS) is 12.1. The van der Waals surface area contributed by atoms with E-state index in [1.165, 1.54) is 17.7 Å². The third-order valence-corrected chi connectivity index (χ3v) is 3.45. The number of nitrogens with one attached hydrogen (secondary N) is 2. The Morgan fingerprint density at radius 3 is 2.33 bits per heavy atom. The fraction of sp³-hybridized carbons (Fsp3) is 0.278. The number of halogens is 3. The number of amidine groups is 1. The molecule has 0 spiro atoms. The van der Waals surface area contributed by atoms with Gasteiger partial charge in [0.05, 0.1) is 11.3 Å². The van der Waals surface area contributed by atoms with Crippen molar-refractivity contribution in [1.29, 1.82) is 0 Å². The average molecular weight is 335 g/mol. The van der Waals surface area contributed by atoms with Crippen LogP contribution in [0, 0.1) is 0 Å². The average Bonchev–Trinajstić information content (AvgIpc) is 2.58. The third-order valence-electron chi connectivity index (χ3n) is 3.45. The molecule has 0 atom stereocenters. The first-order valence-corrected chi connectivity index (χ1v) is 7.76. The van der Waals surface area contributed by atoms with Crippen molar-refractivity contribution in [2.75, 3.05) is 12.0 Å². The number of hydrogen-bond donors (Lipinski definition) is 2. The van der Waals surface area contributed by atoms with E-state index in [0.29, 0.717) is 18.8 Å². The fourth-order valence-corrected chi connectivity index (χ4v) is 2.18. The lowest BCUT2D eigenvalue weighted by Crippen LogP contribution is -2.30. The topological polar surface area (TPSA) is 36.4 Å². The van der Waals surface area contributed by atoms with Crippen molar-refractivity contribution in [3.63, 3.8) is 0 Å². The van der Waals surface area contributed by atoms with Crippen LogP contribution in [0.25, 0.3) is 0 Å². The van der Waals surface area contributed by atoms with E-state index in [4.69, 9.17) is 0 Å². The molecule has 0 unspecified atom stereocenters. The lowest BCUT2D eigenvalue weighted by atomic mass is 10.1. The van der Waals surface area contributed by atoms with Gasteiger partial charge in [-0.1, -0.05) is 49.4 Å². The second kappa shape index (κ2) is 8.38. The predicted molar refractivity (Wildman–Crippen MR) is 90.9 cm³/mol. The number of aliphatic imine (C=N–C) groups is 1. The summed E-state index contributed by atoms with van der Waals surface area (Å²) in [5.74, 6) is 0.614. The zero-order valence-electron chi connectivity index (χ0n) is 13.4. The molecule has 2 aromatic rings. The van der Waals surface area contributed by atoms with E-state index in [1.807, 2.05) is 37.3 Å². The number of rotatable bonds is 6. The van der Waals surface area contributed by atoms with Gasteiger partial charge in [-0.3, -0.25) is 15.8 Å². The Bertz CT molecular complexity index is 667. The molecule has 0 saturated heterocycles. The first kappa shape index (κ1) is 17.8. The first-order valence-electron chi connectivity index (χ1n) is 7.76. The van der Waals surface area contributed by atoms with Gasteiger partial charge in [-0.25, -0.2) is 0 Å². The second-order valence-electron chi connectivity index (χ2n) is 5.21. The Kier molecular flexibility index (Phi) is 6.23. The Morgan fingerprint density at radius 2 is 1.67 bits per heavy atom. The molecule has 2 rings (SSSR count). The number of para-hydroxylation sites is 1. The van der Waals surface area contributed by atoms with Crippen molar-refractivity contribution in [3.05, 3.63) is 65.7 Å². The molecule has 0 aromatic heterocycles. The number of hydrogen-bond acceptors (Lipinski definition) is 2. The van der Waals surface area contributed by atoms with Crippen LogP contribution in [-0.2, 0) is 12.6 Å². The van der Waals surface area contributed by atoms with Crippen molar-refractivity contribution in [3.8, 4) is 0 Å². The van der Waals surface area contributed by atoms with Crippen LogP contribution in [0.3, 0.4) is 0 Å². The fourth-order valence-electron chi connectivity index (χ4n) is 2.18. The molecule has 0 saturated carbocycles. The minimum Gasteiger partial charge on any atom is -0.299 e. The summed E-state index contributed by atoms with van der Waals surface area (Å²) < 4.78 is 38.8.